The van der Waals surface area contributed by atoms with Gasteiger partial charge < -0.3 is 15.4 Å². The maximum Gasteiger partial charge on any atom is 0.325 e. The topological polar surface area (TPSA) is 93.2 Å². The summed E-state index contributed by atoms with van der Waals surface area (Å²) in [5, 5.41) is 5.60. The van der Waals surface area contributed by atoms with E-state index in [1.54, 1.807) is 31.2 Å². The predicted molar refractivity (Wildman–Crippen MR) is 90.2 cm³/mol. The van der Waals surface area contributed by atoms with Gasteiger partial charge in [0, 0.05) is 22.6 Å². The van der Waals surface area contributed by atoms with Gasteiger partial charge in [0.05, 0.1) is 6.61 Å². The Morgan fingerprint density at radius 2 is 1.71 bits per heavy atom. The van der Waals surface area contributed by atoms with Gasteiger partial charge in [-0.25, -0.2) is 9.97 Å². The summed E-state index contributed by atoms with van der Waals surface area (Å²) in [5.41, 5.74) is 2.97. The molecule has 1 heterocycles. The van der Waals surface area contributed by atoms with Crippen molar-refractivity contribution in [3.05, 3.63) is 47.3 Å². The molecular weight excluding hydrogens is 308 g/mol. The molecule has 0 fully saturated rings. The lowest BCUT2D eigenvalue weighted by Crippen LogP contribution is -2.30. The number of carbonyl (C=O) groups is 2. The number of aromatic nitrogens is 2. The molecule has 2 aromatic rings. The summed E-state index contributed by atoms with van der Waals surface area (Å²) < 4.78 is 4.76. The third-order valence-corrected chi connectivity index (χ3v) is 3.08. The van der Waals surface area contributed by atoms with Gasteiger partial charge in [0.1, 0.15) is 6.54 Å². The summed E-state index contributed by atoms with van der Waals surface area (Å²) in [7, 11) is 0. The van der Waals surface area contributed by atoms with Crippen LogP contribution in [0.15, 0.2) is 30.3 Å². The molecule has 2 rings (SSSR count). The Morgan fingerprint density at radius 1 is 1.08 bits per heavy atom. The minimum atomic E-state index is -0.462. The largest absolute Gasteiger partial charge is 0.465 e. The van der Waals surface area contributed by atoms with Crippen LogP contribution in [-0.2, 0) is 9.53 Å². The van der Waals surface area contributed by atoms with Crippen LogP contribution >= 0.6 is 0 Å². The highest BCUT2D eigenvalue weighted by molar-refractivity contribution is 5.96. The van der Waals surface area contributed by atoms with Gasteiger partial charge in [0.25, 0.3) is 5.91 Å². The van der Waals surface area contributed by atoms with Crippen LogP contribution in [0.4, 0.5) is 11.6 Å². The number of aryl methyl sites for hydroxylation is 2. The second kappa shape index (κ2) is 8.05. The van der Waals surface area contributed by atoms with Gasteiger partial charge in [0.15, 0.2) is 0 Å². The van der Waals surface area contributed by atoms with Crippen molar-refractivity contribution in [1.29, 1.82) is 0 Å². The third-order valence-electron chi connectivity index (χ3n) is 3.08. The van der Waals surface area contributed by atoms with Crippen LogP contribution in [0.2, 0.25) is 0 Å². The zero-order valence-corrected chi connectivity index (χ0v) is 13.9. The van der Waals surface area contributed by atoms with Gasteiger partial charge in [0.2, 0.25) is 5.95 Å². The molecule has 7 nitrogen and oxygen atoms in total. The number of nitrogens with zero attached hydrogens (tertiary/aromatic N) is 2. The molecule has 0 unspecified atom stereocenters. The Balaban J connectivity index is 1.97. The molecule has 0 bridgehead atoms. The fourth-order valence-corrected chi connectivity index (χ4v) is 2.08. The van der Waals surface area contributed by atoms with Gasteiger partial charge in [-0.15, -0.1) is 0 Å². The summed E-state index contributed by atoms with van der Waals surface area (Å²) in [4.78, 5) is 31.8. The Morgan fingerprint density at radius 3 is 2.29 bits per heavy atom. The van der Waals surface area contributed by atoms with E-state index in [2.05, 4.69) is 20.6 Å². The molecule has 1 aromatic heterocycles. The summed E-state index contributed by atoms with van der Waals surface area (Å²) in [6.07, 6.45) is 0. The maximum atomic E-state index is 11.9. The van der Waals surface area contributed by atoms with Crippen molar-refractivity contribution in [3.63, 3.8) is 0 Å². The first kappa shape index (κ1) is 17.4. The second-order valence-electron chi connectivity index (χ2n) is 5.16. The van der Waals surface area contributed by atoms with Crippen molar-refractivity contribution in [2.75, 3.05) is 18.5 Å². The molecule has 126 valence electrons. The Hall–Kier alpha value is -2.96. The highest BCUT2D eigenvalue weighted by atomic mass is 16.5. The fourth-order valence-electron chi connectivity index (χ4n) is 2.08. The van der Waals surface area contributed by atoms with Crippen LogP contribution in [0.1, 0.15) is 28.7 Å². The monoisotopic (exact) mass is 328 g/mol. The fraction of sp³-hybridized carbons (Fsp3) is 0.294. The Kier molecular flexibility index (Phi) is 5.83. The predicted octanol–water partition coefficient (Wildman–Crippen LogP) is 2.13. The summed E-state index contributed by atoms with van der Waals surface area (Å²) in [6, 6.07) is 8.71. The van der Waals surface area contributed by atoms with Crippen LogP contribution in [-0.4, -0.2) is 35.0 Å². The SMILES string of the molecule is CCOC(=O)CNC(=O)c1ccc(Nc2nc(C)cc(C)n2)cc1. The standard InChI is InChI=1S/C17H20N4O3/c1-4-24-15(22)10-18-16(23)13-5-7-14(8-6-13)21-17-19-11(2)9-12(3)20-17/h5-9H,4,10H2,1-3H3,(H,18,23)(H,19,20,21). The highest BCUT2D eigenvalue weighted by Crippen LogP contribution is 2.14. The average molecular weight is 328 g/mol. The molecule has 0 aliphatic heterocycles. The van der Waals surface area contributed by atoms with Crippen molar-refractivity contribution in [3.8, 4) is 0 Å². The zero-order chi connectivity index (χ0) is 17.5. The molecule has 0 saturated carbocycles. The quantitative estimate of drug-likeness (QED) is 0.789. The van der Waals surface area contributed by atoms with Crippen LogP contribution < -0.4 is 10.6 Å². The molecule has 0 radical (unpaired) electrons. The third kappa shape index (κ3) is 5.05. The van der Waals surface area contributed by atoms with Gasteiger partial charge in [-0.05, 0) is 51.1 Å². The van der Waals surface area contributed by atoms with Crippen molar-refractivity contribution in [1.82, 2.24) is 15.3 Å². The summed E-state index contributed by atoms with van der Waals surface area (Å²) in [5.74, 6) is -0.291. The molecule has 0 saturated heterocycles. The van der Waals surface area contributed by atoms with Crippen molar-refractivity contribution < 1.29 is 14.3 Å². The molecular formula is C17H20N4O3. The normalized spacial score (nSPS) is 10.1. The molecule has 24 heavy (non-hydrogen) atoms. The van der Waals surface area contributed by atoms with E-state index in [0.29, 0.717) is 11.5 Å². The number of nitrogens with one attached hydrogen (secondary N) is 2. The lowest BCUT2D eigenvalue weighted by molar-refractivity contribution is -0.141. The summed E-state index contributed by atoms with van der Waals surface area (Å²) >= 11 is 0. The number of carbonyl (C=O) groups excluding carboxylic acids is 2. The van der Waals surface area contributed by atoms with Crippen LogP contribution in [0, 0.1) is 13.8 Å². The molecule has 0 spiro atoms. The average Bonchev–Trinajstić information content (AvgIpc) is 2.52. The van der Waals surface area contributed by atoms with E-state index in [9.17, 15) is 9.59 Å². The molecule has 1 aromatic carbocycles. The molecule has 0 aliphatic carbocycles. The van der Waals surface area contributed by atoms with E-state index in [4.69, 9.17) is 4.74 Å². The van der Waals surface area contributed by atoms with E-state index in [1.165, 1.54) is 0 Å². The Labute approximate surface area is 140 Å². The number of anilines is 2. The van der Waals surface area contributed by atoms with Crippen LogP contribution in [0.25, 0.3) is 0 Å². The minimum Gasteiger partial charge on any atom is -0.465 e. The van der Waals surface area contributed by atoms with E-state index in [0.717, 1.165) is 17.1 Å². The number of rotatable bonds is 6. The minimum absolute atomic E-state index is 0.150. The number of benzene rings is 1. The lowest BCUT2D eigenvalue weighted by Gasteiger charge is -2.08. The van der Waals surface area contributed by atoms with E-state index in [1.807, 2.05) is 19.9 Å². The first-order chi connectivity index (χ1) is 11.5. The van der Waals surface area contributed by atoms with Crippen molar-refractivity contribution in [2.24, 2.45) is 0 Å². The first-order valence-corrected chi connectivity index (χ1v) is 7.61. The first-order valence-electron chi connectivity index (χ1n) is 7.61. The number of ether oxygens (including phenoxy) is 1. The van der Waals surface area contributed by atoms with Gasteiger partial charge in [-0.1, -0.05) is 0 Å². The second-order valence-corrected chi connectivity index (χ2v) is 5.16. The Bertz CT molecular complexity index is 709. The number of esters is 1. The van der Waals surface area contributed by atoms with Gasteiger partial charge in [-0.2, -0.15) is 0 Å². The van der Waals surface area contributed by atoms with Crippen LogP contribution in [0.3, 0.4) is 0 Å². The van der Waals surface area contributed by atoms with Crippen molar-refractivity contribution in [2.45, 2.75) is 20.8 Å². The zero-order valence-electron chi connectivity index (χ0n) is 13.9. The number of amides is 1. The van der Waals surface area contributed by atoms with Crippen molar-refractivity contribution >= 4 is 23.5 Å². The highest BCUT2D eigenvalue weighted by Gasteiger charge is 2.08. The number of hydrogen-bond acceptors (Lipinski definition) is 6. The van der Waals surface area contributed by atoms with Crippen LogP contribution in [0.5, 0.6) is 0 Å². The molecule has 1 amide bonds. The molecule has 0 atom stereocenters. The lowest BCUT2D eigenvalue weighted by atomic mass is 10.2. The van der Waals surface area contributed by atoms with Gasteiger partial charge in [-0.3, -0.25) is 9.59 Å². The molecule has 7 heteroatoms. The van der Waals surface area contributed by atoms with E-state index >= 15 is 0 Å². The molecule has 0 aliphatic rings. The van der Waals surface area contributed by atoms with Gasteiger partial charge >= 0.3 is 5.97 Å². The summed E-state index contributed by atoms with van der Waals surface area (Å²) in [6.45, 7) is 5.65. The molecule has 2 N–H and O–H groups in total. The van der Waals surface area contributed by atoms with E-state index in [-0.39, 0.29) is 19.1 Å². The number of hydrogen-bond donors (Lipinski definition) is 2. The van der Waals surface area contributed by atoms with E-state index < -0.39 is 5.97 Å². The maximum absolute atomic E-state index is 11.9. The smallest absolute Gasteiger partial charge is 0.325 e.